The zero-order chi connectivity index (χ0) is 19.1. The van der Waals surface area contributed by atoms with Crippen LogP contribution in [-0.4, -0.2) is 14.9 Å². The van der Waals surface area contributed by atoms with Crippen molar-refractivity contribution in [1.29, 1.82) is 0 Å². The first-order chi connectivity index (χ1) is 13.0. The van der Waals surface area contributed by atoms with Crippen LogP contribution in [-0.2, 0) is 13.2 Å². The van der Waals surface area contributed by atoms with E-state index >= 15 is 0 Å². The topological polar surface area (TPSA) is 51.2 Å². The molecule has 0 aliphatic rings. The van der Waals surface area contributed by atoms with Crippen LogP contribution < -0.4 is 0 Å². The maximum atomic E-state index is 14.0. The molecule has 2 aromatic heterocycles. The van der Waals surface area contributed by atoms with Crippen LogP contribution in [0.5, 0.6) is 0 Å². The molecule has 0 radical (unpaired) electrons. The van der Waals surface area contributed by atoms with Crippen LogP contribution in [0, 0.1) is 23.3 Å². The van der Waals surface area contributed by atoms with Crippen molar-refractivity contribution in [3.8, 4) is 11.5 Å². The van der Waals surface area contributed by atoms with E-state index in [0.717, 1.165) is 0 Å². The predicted octanol–water partition coefficient (Wildman–Crippen LogP) is 4.39. The van der Waals surface area contributed by atoms with Crippen molar-refractivity contribution in [1.82, 2.24) is 9.78 Å². The summed E-state index contributed by atoms with van der Waals surface area (Å²) in [5.41, 5.74) is 0.115. The maximum Gasteiger partial charge on any atom is 0.167 e. The molecule has 0 fully saturated rings. The number of aliphatic hydroxyl groups is 1. The molecule has 2 heterocycles. The number of benzene rings is 2. The molecule has 0 aliphatic heterocycles. The van der Waals surface area contributed by atoms with Crippen LogP contribution in [0.4, 0.5) is 17.6 Å². The Balaban J connectivity index is 1.87. The van der Waals surface area contributed by atoms with E-state index in [-0.39, 0.29) is 12.7 Å². The molecule has 0 atom stereocenters. The van der Waals surface area contributed by atoms with E-state index in [1.807, 2.05) is 0 Å². The van der Waals surface area contributed by atoms with E-state index in [9.17, 15) is 17.6 Å². The molecule has 0 spiro atoms. The van der Waals surface area contributed by atoms with Crippen molar-refractivity contribution in [3.05, 3.63) is 77.1 Å². The van der Waals surface area contributed by atoms with Crippen molar-refractivity contribution in [2.75, 3.05) is 0 Å². The summed E-state index contributed by atoms with van der Waals surface area (Å²) in [5, 5.41) is 14.1. The van der Waals surface area contributed by atoms with Gasteiger partial charge in [0, 0.05) is 11.5 Å². The van der Waals surface area contributed by atoms with E-state index in [1.54, 1.807) is 36.4 Å². The summed E-state index contributed by atoms with van der Waals surface area (Å²) in [5.74, 6) is -5.20. The summed E-state index contributed by atoms with van der Waals surface area (Å²) in [6.45, 7) is -0.807. The lowest BCUT2D eigenvalue weighted by Gasteiger charge is -2.08. The molecular weight excluding hydrogens is 364 g/mol. The van der Waals surface area contributed by atoms with Gasteiger partial charge in [-0.3, -0.25) is 4.68 Å². The van der Waals surface area contributed by atoms with Gasteiger partial charge in [0.15, 0.2) is 29.0 Å². The highest BCUT2D eigenvalue weighted by atomic mass is 19.2. The number of hydrogen-bond donors (Lipinski definition) is 1. The molecule has 0 bridgehead atoms. The Morgan fingerprint density at radius 3 is 2.33 bits per heavy atom. The average Bonchev–Trinajstić information content (AvgIpc) is 3.28. The minimum atomic E-state index is -1.47. The van der Waals surface area contributed by atoms with E-state index in [2.05, 4.69) is 5.10 Å². The number of aliphatic hydroxyl groups excluding tert-OH is 1. The molecule has 0 saturated carbocycles. The largest absolute Gasteiger partial charge is 0.457 e. The highest BCUT2D eigenvalue weighted by Crippen LogP contribution is 2.30. The van der Waals surface area contributed by atoms with Gasteiger partial charge in [-0.1, -0.05) is 18.2 Å². The number of rotatable bonds is 4. The second-order valence-electron chi connectivity index (χ2n) is 5.89. The van der Waals surface area contributed by atoms with Gasteiger partial charge in [0.1, 0.15) is 18.1 Å². The standard InChI is InChI=1S/C19H12F4N2O2/c20-13-7-14(21)18(23)12(17(13)22)8-25-15-4-2-1-3-11(15)19(24-25)16-6-5-10(9-26)27-16/h1-7,26H,8-9H2. The first-order valence-electron chi connectivity index (χ1n) is 7.97. The molecule has 1 N–H and O–H groups in total. The fraction of sp³-hybridized carbons (Fsp3) is 0.105. The maximum absolute atomic E-state index is 14.0. The van der Waals surface area contributed by atoms with Gasteiger partial charge >= 0.3 is 0 Å². The molecule has 0 saturated heterocycles. The Labute approximate surface area is 150 Å². The Kier molecular flexibility index (Phi) is 4.19. The van der Waals surface area contributed by atoms with Gasteiger partial charge < -0.3 is 9.52 Å². The fourth-order valence-corrected chi connectivity index (χ4v) is 2.93. The summed E-state index contributed by atoms with van der Waals surface area (Å²) in [6, 6.07) is 10.2. The van der Waals surface area contributed by atoms with Crippen molar-refractivity contribution in [2.24, 2.45) is 0 Å². The monoisotopic (exact) mass is 376 g/mol. The molecule has 138 valence electrons. The van der Waals surface area contributed by atoms with E-state index < -0.39 is 35.4 Å². The second kappa shape index (κ2) is 6.55. The van der Waals surface area contributed by atoms with Crippen LogP contribution in [0.25, 0.3) is 22.4 Å². The predicted molar refractivity (Wildman–Crippen MR) is 88.7 cm³/mol. The molecule has 0 unspecified atom stereocenters. The van der Waals surface area contributed by atoms with Crippen molar-refractivity contribution < 1.29 is 27.1 Å². The lowest BCUT2D eigenvalue weighted by Crippen LogP contribution is -2.09. The zero-order valence-corrected chi connectivity index (χ0v) is 13.7. The Hall–Kier alpha value is -3.13. The summed E-state index contributed by atoms with van der Waals surface area (Å²) in [4.78, 5) is 0. The molecule has 27 heavy (non-hydrogen) atoms. The van der Waals surface area contributed by atoms with Crippen LogP contribution in [0.2, 0.25) is 0 Å². The molecular formula is C19H12F4N2O2. The average molecular weight is 376 g/mol. The third kappa shape index (κ3) is 2.87. The molecule has 2 aromatic carbocycles. The van der Waals surface area contributed by atoms with Crippen LogP contribution in [0.3, 0.4) is 0 Å². The highest BCUT2D eigenvalue weighted by Gasteiger charge is 2.22. The minimum absolute atomic E-state index is 0.167. The number of para-hydroxylation sites is 1. The van der Waals surface area contributed by atoms with Gasteiger partial charge in [0.05, 0.1) is 17.6 Å². The van der Waals surface area contributed by atoms with Crippen molar-refractivity contribution >= 4 is 10.9 Å². The Bertz CT molecular complexity index is 1120. The van der Waals surface area contributed by atoms with Gasteiger partial charge in [0.25, 0.3) is 0 Å². The van der Waals surface area contributed by atoms with Gasteiger partial charge in [-0.25, -0.2) is 17.6 Å². The summed E-state index contributed by atoms with van der Waals surface area (Å²) < 4.78 is 61.8. The lowest BCUT2D eigenvalue weighted by molar-refractivity contribution is 0.248. The van der Waals surface area contributed by atoms with Crippen LogP contribution >= 0.6 is 0 Å². The third-order valence-corrected chi connectivity index (χ3v) is 4.22. The number of hydrogen-bond acceptors (Lipinski definition) is 3. The third-order valence-electron chi connectivity index (χ3n) is 4.22. The first-order valence-corrected chi connectivity index (χ1v) is 7.97. The van der Waals surface area contributed by atoms with Gasteiger partial charge in [-0.05, 0) is 18.2 Å². The SMILES string of the molecule is OCc1ccc(-c2nn(Cc3c(F)c(F)cc(F)c3F)c3ccccc23)o1. The van der Waals surface area contributed by atoms with Gasteiger partial charge in [-0.2, -0.15) is 5.10 Å². The molecule has 8 heteroatoms. The zero-order valence-electron chi connectivity index (χ0n) is 13.7. The minimum Gasteiger partial charge on any atom is -0.457 e. The Morgan fingerprint density at radius 2 is 1.67 bits per heavy atom. The number of aromatic nitrogens is 2. The van der Waals surface area contributed by atoms with Gasteiger partial charge in [0.2, 0.25) is 0 Å². The second-order valence-corrected chi connectivity index (χ2v) is 5.89. The van der Waals surface area contributed by atoms with Gasteiger partial charge in [-0.15, -0.1) is 0 Å². The molecule has 4 aromatic rings. The highest BCUT2D eigenvalue weighted by molar-refractivity contribution is 5.92. The molecule has 4 nitrogen and oxygen atoms in total. The van der Waals surface area contributed by atoms with E-state index in [0.29, 0.717) is 28.1 Å². The molecule has 4 rings (SSSR count). The number of furan rings is 1. The Morgan fingerprint density at radius 1 is 0.963 bits per heavy atom. The molecule has 0 amide bonds. The number of fused-ring (bicyclic) bond motifs is 1. The fourth-order valence-electron chi connectivity index (χ4n) is 2.93. The normalized spacial score (nSPS) is 11.4. The smallest absolute Gasteiger partial charge is 0.167 e. The summed E-state index contributed by atoms with van der Waals surface area (Å²) >= 11 is 0. The lowest BCUT2D eigenvalue weighted by atomic mass is 10.1. The van der Waals surface area contributed by atoms with E-state index in [1.165, 1.54) is 4.68 Å². The van der Waals surface area contributed by atoms with E-state index in [4.69, 9.17) is 9.52 Å². The van der Waals surface area contributed by atoms with Crippen molar-refractivity contribution in [2.45, 2.75) is 13.2 Å². The number of nitrogens with zero attached hydrogens (tertiary/aromatic N) is 2. The number of halogens is 4. The summed E-state index contributed by atoms with van der Waals surface area (Å²) in [7, 11) is 0. The quantitative estimate of drug-likeness (QED) is 0.424. The molecule has 0 aliphatic carbocycles. The van der Waals surface area contributed by atoms with Crippen LogP contribution in [0.1, 0.15) is 11.3 Å². The van der Waals surface area contributed by atoms with Crippen molar-refractivity contribution in [3.63, 3.8) is 0 Å². The van der Waals surface area contributed by atoms with Crippen LogP contribution in [0.15, 0.2) is 46.9 Å². The summed E-state index contributed by atoms with van der Waals surface area (Å²) in [6.07, 6.45) is 0. The first kappa shape index (κ1) is 17.3.